The van der Waals surface area contributed by atoms with Gasteiger partial charge in [-0.2, -0.15) is 5.10 Å². The minimum atomic E-state index is -0.0404. The third-order valence-corrected chi connectivity index (χ3v) is 4.25. The Morgan fingerprint density at radius 1 is 1.13 bits per heavy atom. The molecule has 1 fully saturated rings. The van der Waals surface area contributed by atoms with E-state index in [1.165, 1.54) is 24.8 Å². The minimum absolute atomic E-state index is 0.0404. The molecule has 2 aromatic rings. The summed E-state index contributed by atoms with van der Waals surface area (Å²) in [4.78, 5) is 14.6. The fourth-order valence-corrected chi connectivity index (χ4v) is 2.95. The van der Waals surface area contributed by atoms with Gasteiger partial charge < -0.3 is 10.2 Å². The number of hydrogen-bond acceptors (Lipinski definition) is 3. The zero-order valence-corrected chi connectivity index (χ0v) is 13.4. The Labute approximate surface area is 137 Å². The largest absolute Gasteiger partial charge is 0.351 e. The molecule has 1 aromatic carbocycles. The highest BCUT2D eigenvalue weighted by Crippen LogP contribution is 2.07. The molecule has 0 aliphatic carbocycles. The highest BCUT2D eigenvalue weighted by atomic mass is 16.1. The number of amides is 1. The normalized spacial score (nSPS) is 15.5. The molecule has 1 aliphatic heterocycles. The summed E-state index contributed by atoms with van der Waals surface area (Å²) in [5.41, 5.74) is 1.80. The standard InChI is InChI=1S/C18H24N4O/c23-18(19-9-12-21-10-5-2-6-11-21)17-13-20-22(15-17)14-16-7-3-1-4-8-16/h1,3-4,7-8,13,15H,2,5-6,9-12,14H2,(H,19,23). The SMILES string of the molecule is O=C(NCCN1CCCCC1)c1cnn(Cc2ccccc2)c1. The first-order valence-corrected chi connectivity index (χ1v) is 8.38. The molecular formula is C18H24N4O. The van der Waals surface area contributed by atoms with Crippen molar-refractivity contribution in [1.29, 1.82) is 0 Å². The lowest BCUT2D eigenvalue weighted by Gasteiger charge is -2.26. The molecule has 122 valence electrons. The quantitative estimate of drug-likeness (QED) is 0.889. The van der Waals surface area contributed by atoms with E-state index in [1.807, 2.05) is 24.4 Å². The first-order chi connectivity index (χ1) is 11.3. The topological polar surface area (TPSA) is 50.2 Å². The smallest absolute Gasteiger partial charge is 0.254 e. The van der Waals surface area contributed by atoms with Crippen LogP contribution >= 0.6 is 0 Å². The molecule has 0 spiro atoms. The lowest BCUT2D eigenvalue weighted by molar-refractivity contribution is 0.0946. The third kappa shape index (κ3) is 4.66. The monoisotopic (exact) mass is 312 g/mol. The van der Waals surface area contributed by atoms with Crippen molar-refractivity contribution in [3.8, 4) is 0 Å². The van der Waals surface area contributed by atoms with E-state index in [0.29, 0.717) is 18.7 Å². The number of nitrogens with zero attached hydrogens (tertiary/aromatic N) is 3. The van der Waals surface area contributed by atoms with Gasteiger partial charge in [-0.3, -0.25) is 9.48 Å². The molecule has 0 unspecified atom stereocenters. The summed E-state index contributed by atoms with van der Waals surface area (Å²) in [6, 6.07) is 10.1. The van der Waals surface area contributed by atoms with Gasteiger partial charge in [0.2, 0.25) is 0 Å². The van der Waals surface area contributed by atoms with Gasteiger partial charge in [0.15, 0.2) is 0 Å². The van der Waals surface area contributed by atoms with Crippen LogP contribution in [0.15, 0.2) is 42.7 Å². The van der Waals surface area contributed by atoms with Crippen molar-refractivity contribution in [2.45, 2.75) is 25.8 Å². The van der Waals surface area contributed by atoms with Crippen molar-refractivity contribution in [3.63, 3.8) is 0 Å². The van der Waals surface area contributed by atoms with E-state index in [9.17, 15) is 4.79 Å². The van der Waals surface area contributed by atoms with Crippen molar-refractivity contribution < 1.29 is 4.79 Å². The number of likely N-dealkylation sites (tertiary alicyclic amines) is 1. The van der Waals surface area contributed by atoms with Crippen LogP contribution < -0.4 is 5.32 Å². The average Bonchev–Trinajstić information content (AvgIpc) is 3.05. The van der Waals surface area contributed by atoms with Crippen molar-refractivity contribution in [3.05, 3.63) is 53.9 Å². The molecule has 1 amide bonds. The molecule has 23 heavy (non-hydrogen) atoms. The molecule has 1 N–H and O–H groups in total. The summed E-state index contributed by atoms with van der Waals surface area (Å²) in [6.07, 6.45) is 7.34. The molecule has 1 saturated heterocycles. The van der Waals surface area contributed by atoms with Crippen LogP contribution in [0.3, 0.4) is 0 Å². The summed E-state index contributed by atoms with van der Waals surface area (Å²) in [5, 5.41) is 7.27. The van der Waals surface area contributed by atoms with Gasteiger partial charge in [-0.1, -0.05) is 36.8 Å². The maximum Gasteiger partial charge on any atom is 0.254 e. The van der Waals surface area contributed by atoms with Crippen LogP contribution in [0.1, 0.15) is 35.2 Å². The van der Waals surface area contributed by atoms with E-state index < -0.39 is 0 Å². The van der Waals surface area contributed by atoms with Crippen molar-refractivity contribution in [2.24, 2.45) is 0 Å². The highest BCUT2D eigenvalue weighted by molar-refractivity contribution is 5.93. The molecular weight excluding hydrogens is 288 g/mol. The average molecular weight is 312 g/mol. The van der Waals surface area contributed by atoms with E-state index in [2.05, 4.69) is 27.4 Å². The van der Waals surface area contributed by atoms with Gasteiger partial charge >= 0.3 is 0 Å². The number of piperidine rings is 1. The van der Waals surface area contributed by atoms with Gasteiger partial charge in [0.1, 0.15) is 0 Å². The Morgan fingerprint density at radius 3 is 2.70 bits per heavy atom. The molecule has 5 nitrogen and oxygen atoms in total. The van der Waals surface area contributed by atoms with Gasteiger partial charge in [-0.15, -0.1) is 0 Å². The van der Waals surface area contributed by atoms with Crippen LogP contribution in [0.4, 0.5) is 0 Å². The second-order valence-electron chi connectivity index (χ2n) is 6.07. The molecule has 0 saturated carbocycles. The third-order valence-electron chi connectivity index (χ3n) is 4.25. The predicted octanol–water partition coefficient (Wildman–Crippen LogP) is 2.15. The molecule has 0 atom stereocenters. The number of benzene rings is 1. The summed E-state index contributed by atoms with van der Waals surface area (Å²) < 4.78 is 1.80. The van der Waals surface area contributed by atoms with Gasteiger partial charge in [0, 0.05) is 19.3 Å². The number of aromatic nitrogens is 2. The fraction of sp³-hybridized carbons (Fsp3) is 0.444. The molecule has 0 radical (unpaired) electrons. The summed E-state index contributed by atoms with van der Waals surface area (Å²) in [5.74, 6) is -0.0404. The molecule has 0 bridgehead atoms. The Bertz CT molecular complexity index is 617. The Balaban J connectivity index is 1.46. The Morgan fingerprint density at radius 2 is 1.91 bits per heavy atom. The second-order valence-corrected chi connectivity index (χ2v) is 6.07. The number of hydrogen-bond donors (Lipinski definition) is 1. The lowest BCUT2D eigenvalue weighted by atomic mass is 10.1. The number of nitrogens with one attached hydrogen (secondary N) is 1. The minimum Gasteiger partial charge on any atom is -0.351 e. The van der Waals surface area contributed by atoms with Crippen molar-refractivity contribution in [2.75, 3.05) is 26.2 Å². The van der Waals surface area contributed by atoms with E-state index >= 15 is 0 Å². The molecule has 2 heterocycles. The second kappa shape index (κ2) is 7.92. The van der Waals surface area contributed by atoms with Crippen molar-refractivity contribution in [1.82, 2.24) is 20.0 Å². The van der Waals surface area contributed by atoms with Gasteiger partial charge in [0.25, 0.3) is 5.91 Å². The lowest BCUT2D eigenvalue weighted by Crippen LogP contribution is -2.37. The Kier molecular flexibility index (Phi) is 5.42. The van der Waals surface area contributed by atoms with E-state index in [1.54, 1.807) is 10.9 Å². The van der Waals surface area contributed by atoms with E-state index in [-0.39, 0.29) is 5.91 Å². The van der Waals surface area contributed by atoms with Crippen LogP contribution in [-0.2, 0) is 6.54 Å². The first-order valence-electron chi connectivity index (χ1n) is 8.38. The van der Waals surface area contributed by atoms with Crippen LogP contribution in [-0.4, -0.2) is 46.8 Å². The van der Waals surface area contributed by atoms with Crippen LogP contribution in [0.2, 0.25) is 0 Å². The van der Waals surface area contributed by atoms with Gasteiger partial charge in [-0.05, 0) is 31.5 Å². The molecule has 1 aliphatic rings. The number of carbonyl (C=O) groups is 1. The van der Waals surface area contributed by atoms with E-state index in [4.69, 9.17) is 0 Å². The zero-order chi connectivity index (χ0) is 15.9. The zero-order valence-electron chi connectivity index (χ0n) is 13.4. The summed E-state index contributed by atoms with van der Waals surface area (Å²) in [7, 11) is 0. The van der Waals surface area contributed by atoms with Crippen LogP contribution in [0, 0.1) is 0 Å². The van der Waals surface area contributed by atoms with Gasteiger partial charge in [-0.25, -0.2) is 0 Å². The molecule has 1 aromatic heterocycles. The first kappa shape index (κ1) is 15.7. The van der Waals surface area contributed by atoms with E-state index in [0.717, 1.165) is 19.6 Å². The fourth-order valence-electron chi connectivity index (χ4n) is 2.95. The maximum absolute atomic E-state index is 12.2. The number of carbonyl (C=O) groups excluding carboxylic acids is 1. The van der Waals surface area contributed by atoms with Crippen molar-refractivity contribution >= 4 is 5.91 Å². The van der Waals surface area contributed by atoms with Gasteiger partial charge in [0.05, 0.1) is 18.3 Å². The Hall–Kier alpha value is -2.14. The maximum atomic E-state index is 12.2. The summed E-state index contributed by atoms with van der Waals surface area (Å²) in [6.45, 7) is 4.63. The number of rotatable bonds is 6. The molecule has 3 rings (SSSR count). The van der Waals surface area contributed by atoms with Crippen LogP contribution in [0.25, 0.3) is 0 Å². The summed E-state index contributed by atoms with van der Waals surface area (Å²) >= 11 is 0. The predicted molar refractivity (Wildman–Crippen MR) is 90.4 cm³/mol. The molecule has 5 heteroatoms. The van der Waals surface area contributed by atoms with Crippen LogP contribution in [0.5, 0.6) is 0 Å². The highest BCUT2D eigenvalue weighted by Gasteiger charge is 2.11.